The molecule has 0 aliphatic carbocycles. The van der Waals surface area contributed by atoms with Gasteiger partial charge in [0.1, 0.15) is 5.01 Å². The summed E-state index contributed by atoms with van der Waals surface area (Å²) < 4.78 is 0. The Morgan fingerprint density at radius 2 is 1.67 bits per heavy atom. The Balaban J connectivity index is 1.97. The summed E-state index contributed by atoms with van der Waals surface area (Å²) in [5.74, 6) is -2.28. The van der Waals surface area contributed by atoms with Crippen molar-refractivity contribution in [3.63, 3.8) is 0 Å². The van der Waals surface area contributed by atoms with Gasteiger partial charge in [0.15, 0.2) is 0 Å². The standard InChI is InChI=1S/C12H11N5O3S/c1-6-16-17-12(21-6)15-11(20)10(19)14-8-4-2-7(3-5-8)9(13)18/h2-5H,1H3,(H2,13,18)(H,14,19)(H,15,17,20). The molecule has 4 N–H and O–H groups in total. The minimum atomic E-state index is -0.856. The van der Waals surface area contributed by atoms with Crippen LogP contribution in [0.15, 0.2) is 24.3 Å². The van der Waals surface area contributed by atoms with E-state index >= 15 is 0 Å². The van der Waals surface area contributed by atoms with Crippen molar-refractivity contribution < 1.29 is 14.4 Å². The van der Waals surface area contributed by atoms with Crippen molar-refractivity contribution in [3.8, 4) is 0 Å². The Labute approximate surface area is 123 Å². The number of hydrogen-bond acceptors (Lipinski definition) is 6. The number of nitrogens with one attached hydrogen (secondary N) is 2. The molecule has 8 nitrogen and oxygen atoms in total. The fraction of sp³-hybridized carbons (Fsp3) is 0.0833. The normalized spacial score (nSPS) is 9.95. The van der Waals surface area contributed by atoms with E-state index in [0.29, 0.717) is 16.3 Å². The fourth-order valence-corrected chi connectivity index (χ4v) is 1.99. The minimum Gasteiger partial charge on any atom is -0.366 e. The molecule has 21 heavy (non-hydrogen) atoms. The number of primary amides is 1. The van der Waals surface area contributed by atoms with Gasteiger partial charge in [0.2, 0.25) is 11.0 Å². The van der Waals surface area contributed by atoms with Crippen molar-refractivity contribution in [2.45, 2.75) is 6.92 Å². The van der Waals surface area contributed by atoms with Gasteiger partial charge in [-0.2, -0.15) is 0 Å². The number of nitrogens with two attached hydrogens (primary N) is 1. The van der Waals surface area contributed by atoms with Gasteiger partial charge in [-0.1, -0.05) is 11.3 Å². The van der Waals surface area contributed by atoms with Gasteiger partial charge in [0.05, 0.1) is 0 Å². The second-order valence-corrected chi connectivity index (χ2v) is 5.16. The molecule has 2 rings (SSSR count). The molecule has 1 aromatic heterocycles. The lowest BCUT2D eigenvalue weighted by atomic mass is 10.2. The van der Waals surface area contributed by atoms with Crippen molar-refractivity contribution in [2.75, 3.05) is 10.6 Å². The lowest BCUT2D eigenvalue weighted by Gasteiger charge is -2.04. The highest BCUT2D eigenvalue weighted by Crippen LogP contribution is 2.14. The topological polar surface area (TPSA) is 127 Å². The highest BCUT2D eigenvalue weighted by molar-refractivity contribution is 7.15. The molecule has 2 aromatic rings. The van der Waals surface area contributed by atoms with Crippen LogP contribution >= 0.6 is 11.3 Å². The molecule has 108 valence electrons. The van der Waals surface area contributed by atoms with Gasteiger partial charge in [0.25, 0.3) is 0 Å². The number of amides is 3. The molecular weight excluding hydrogens is 294 g/mol. The number of rotatable bonds is 3. The van der Waals surface area contributed by atoms with Crippen LogP contribution in [0.2, 0.25) is 0 Å². The van der Waals surface area contributed by atoms with Gasteiger partial charge in [-0.15, -0.1) is 10.2 Å². The summed E-state index contributed by atoms with van der Waals surface area (Å²) >= 11 is 1.16. The van der Waals surface area contributed by atoms with Crippen molar-refractivity contribution >= 4 is 39.9 Å². The first-order valence-corrected chi connectivity index (χ1v) is 6.59. The molecule has 1 aromatic carbocycles. The average Bonchev–Trinajstić information content (AvgIpc) is 2.84. The third-order valence-electron chi connectivity index (χ3n) is 2.38. The zero-order valence-electron chi connectivity index (χ0n) is 10.9. The first-order chi connectivity index (χ1) is 9.95. The Kier molecular flexibility index (Phi) is 4.24. The number of benzene rings is 1. The van der Waals surface area contributed by atoms with Crippen LogP contribution in [0.3, 0.4) is 0 Å². The van der Waals surface area contributed by atoms with Crippen LogP contribution < -0.4 is 16.4 Å². The second kappa shape index (κ2) is 6.09. The molecule has 0 unspecified atom stereocenters. The zero-order valence-corrected chi connectivity index (χ0v) is 11.7. The molecule has 9 heteroatoms. The first-order valence-electron chi connectivity index (χ1n) is 5.78. The fourth-order valence-electron chi connectivity index (χ4n) is 1.41. The molecule has 0 aliphatic heterocycles. The van der Waals surface area contributed by atoms with Gasteiger partial charge < -0.3 is 11.1 Å². The Morgan fingerprint density at radius 1 is 1.05 bits per heavy atom. The Morgan fingerprint density at radius 3 is 2.19 bits per heavy atom. The molecule has 0 saturated carbocycles. The quantitative estimate of drug-likeness (QED) is 0.712. The minimum absolute atomic E-state index is 0.247. The highest BCUT2D eigenvalue weighted by atomic mass is 32.1. The van der Waals surface area contributed by atoms with E-state index in [1.165, 1.54) is 24.3 Å². The average molecular weight is 305 g/mol. The van der Waals surface area contributed by atoms with E-state index < -0.39 is 17.7 Å². The first kappa shape index (κ1) is 14.6. The molecule has 0 aliphatic rings. The van der Waals surface area contributed by atoms with E-state index in [-0.39, 0.29) is 5.13 Å². The Bertz CT molecular complexity index is 695. The summed E-state index contributed by atoms with van der Waals surface area (Å²) in [6, 6.07) is 5.84. The second-order valence-electron chi connectivity index (χ2n) is 3.98. The zero-order chi connectivity index (χ0) is 15.4. The molecule has 0 atom stereocenters. The van der Waals surface area contributed by atoms with Crippen molar-refractivity contribution in [1.82, 2.24) is 10.2 Å². The molecule has 0 bridgehead atoms. The maximum absolute atomic E-state index is 11.7. The van der Waals surface area contributed by atoms with Gasteiger partial charge in [-0.3, -0.25) is 19.7 Å². The van der Waals surface area contributed by atoms with Crippen molar-refractivity contribution in [2.24, 2.45) is 5.73 Å². The molecule has 1 heterocycles. The lowest BCUT2D eigenvalue weighted by molar-refractivity contribution is -0.133. The summed E-state index contributed by atoms with van der Waals surface area (Å²) in [5, 5.41) is 13.0. The summed E-state index contributed by atoms with van der Waals surface area (Å²) in [4.78, 5) is 34.2. The van der Waals surface area contributed by atoms with Crippen LogP contribution in [0.25, 0.3) is 0 Å². The van der Waals surface area contributed by atoms with Gasteiger partial charge in [0, 0.05) is 11.3 Å². The molecule has 0 radical (unpaired) electrons. The molecule has 3 amide bonds. The van der Waals surface area contributed by atoms with Gasteiger partial charge in [-0.25, -0.2) is 0 Å². The summed E-state index contributed by atoms with van der Waals surface area (Å²) in [7, 11) is 0. The Hall–Kier alpha value is -2.81. The van der Waals surface area contributed by atoms with Crippen molar-refractivity contribution in [1.29, 1.82) is 0 Å². The SMILES string of the molecule is Cc1nnc(NC(=O)C(=O)Nc2ccc(C(N)=O)cc2)s1. The lowest BCUT2D eigenvalue weighted by Crippen LogP contribution is -2.29. The van der Waals surface area contributed by atoms with Crippen LogP contribution in [0.1, 0.15) is 15.4 Å². The maximum Gasteiger partial charge on any atom is 0.315 e. The number of carbonyl (C=O) groups is 3. The van der Waals surface area contributed by atoms with E-state index in [0.717, 1.165) is 11.3 Å². The van der Waals surface area contributed by atoms with Gasteiger partial charge >= 0.3 is 11.8 Å². The van der Waals surface area contributed by atoms with Gasteiger partial charge in [-0.05, 0) is 31.2 Å². The monoisotopic (exact) mass is 305 g/mol. The number of carbonyl (C=O) groups excluding carboxylic acids is 3. The van der Waals surface area contributed by atoms with E-state index in [9.17, 15) is 14.4 Å². The predicted molar refractivity (Wildman–Crippen MR) is 76.9 cm³/mol. The van der Waals surface area contributed by atoms with Crippen LogP contribution in [-0.4, -0.2) is 27.9 Å². The van der Waals surface area contributed by atoms with Crippen LogP contribution in [0.4, 0.5) is 10.8 Å². The number of anilines is 2. The maximum atomic E-state index is 11.7. The number of aromatic nitrogens is 2. The van der Waals surface area contributed by atoms with Crippen LogP contribution in [0.5, 0.6) is 0 Å². The third kappa shape index (κ3) is 3.83. The predicted octanol–water partition coefficient (Wildman–Crippen LogP) is 0.523. The molecular formula is C12H11N5O3S. The number of nitrogens with zero attached hydrogens (tertiary/aromatic N) is 2. The highest BCUT2D eigenvalue weighted by Gasteiger charge is 2.16. The smallest absolute Gasteiger partial charge is 0.315 e. The summed E-state index contributed by atoms with van der Waals surface area (Å²) in [6.45, 7) is 1.73. The largest absolute Gasteiger partial charge is 0.366 e. The molecule has 0 saturated heterocycles. The third-order valence-corrected chi connectivity index (χ3v) is 3.13. The summed E-state index contributed by atoms with van der Waals surface area (Å²) in [6.07, 6.45) is 0. The number of hydrogen-bond donors (Lipinski definition) is 3. The summed E-state index contributed by atoms with van der Waals surface area (Å²) in [5.41, 5.74) is 5.78. The van der Waals surface area contributed by atoms with E-state index in [1.807, 2.05) is 0 Å². The molecule has 0 fully saturated rings. The van der Waals surface area contributed by atoms with Crippen LogP contribution in [-0.2, 0) is 9.59 Å². The van der Waals surface area contributed by atoms with Crippen molar-refractivity contribution in [3.05, 3.63) is 34.8 Å². The molecule has 0 spiro atoms. The van der Waals surface area contributed by atoms with Crippen LogP contribution in [0, 0.1) is 6.92 Å². The van der Waals surface area contributed by atoms with E-state index in [4.69, 9.17) is 5.73 Å². The van der Waals surface area contributed by atoms with E-state index in [1.54, 1.807) is 6.92 Å². The number of aryl methyl sites for hydroxylation is 1. The van der Waals surface area contributed by atoms with E-state index in [2.05, 4.69) is 20.8 Å².